The van der Waals surface area contributed by atoms with Gasteiger partial charge in [-0.2, -0.15) is 4.31 Å². The maximum absolute atomic E-state index is 12.8. The van der Waals surface area contributed by atoms with Crippen LogP contribution in [0.2, 0.25) is 0 Å². The fraction of sp³-hybridized carbons (Fsp3) is 0.500. The Hall–Kier alpha value is -1.48. The quantitative estimate of drug-likeness (QED) is 0.699. The molecule has 0 saturated carbocycles. The Morgan fingerprint density at radius 1 is 1.36 bits per heavy atom. The molecule has 1 saturated heterocycles. The van der Waals surface area contributed by atoms with Crippen molar-refractivity contribution in [1.29, 1.82) is 0 Å². The van der Waals surface area contributed by atoms with Crippen molar-refractivity contribution in [3.63, 3.8) is 0 Å². The fourth-order valence-electron chi connectivity index (χ4n) is 2.74. The van der Waals surface area contributed by atoms with Gasteiger partial charge in [0.2, 0.25) is 15.9 Å². The first-order valence-electron chi connectivity index (χ1n) is 7.95. The number of amides is 1. The third-order valence-corrected chi connectivity index (χ3v) is 5.94. The Labute approximate surface area is 154 Å². The minimum absolute atomic E-state index is 0. The first-order valence-corrected chi connectivity index (χ1v) is 9.39. The maximum Gasteiger partial charge on any atom is 0.243 e. The molecule has 1 aliphatic rings. The molecule has 7 nitrogen and oxygen atoms in total. The van der Waals surface area contributed by atoms with Gasteiger partial charge in [0.05, 0.1) is 10.8 Å². The Kier molecular flexibility index (Phi) is 8.01. The van der Waals surface area contributed by atoms with Crippen LogP contribution in [0.4, 0.5) is 0 Å². The predicted octanol–water partition coefficient (Wildman–Crippen LogP) is 0.787. The Morgan fingerprint density at radius 3 is 2.72 bits per heavy atom. The van der Waals surface area contributed by atoms with E-state index in [0.29, 0.717) is 38.0 Å². The Morgan fingerprint density at radius 2 is 2.08 bits per heavy atom. The number of piperidine rings is 1. The fourth-order valence-corrected chi connectivity index (χ4v) is 4.31. The van der Waals surface area contributed by atoms with E-state index in [9.17, 15) is 18.0 Å². The van der Waals surface area contributed by atoms with Crippen LogP contribution in [0.3, 0.4) is 0 Å². The summed E-state index contributed by atoms with van der Waals surface area (Å²) in [6.07, 6.45) is 1.27. The molecule has 0 radical (unpaired) electrons. The summed E-state index contributed by atoms with van der Waals surface area (Å²) in [5, 5.41) is 2.71. The standard InChI is InChI=1S/C16H23N3O4S.ClH/c1-12(20)13-4-2-6-15(10-13)24(22,23)19-9-3-5-14(11-19)16(21)18-8-7-17;/h2,4,6,10,14H,3,5,7-9,11,17H2,1H3,(H,18,21);1H. The van der Waals surface area contributed by atoms with Crippen molar-refractivity contribution in [1.82, 2.24) is 9.62 Å². The summed E-state index contributed by atoms with van der Waals surface area (Å²) in [4.78, 5) is 23.6. The van der Waals surface area contributed by atoms with Crippen LogP contribution in [-0.2, 0) is 14.8 Å². The number of sulfonamides is 1. The van der Waals surface area contributed by atoms with Crippen LogP contribution in [0.25, 0.3) is 0 Å². The molecule has 1 fully saturated rings. The SMILES string of the molecule is CC(=O)c1cccc(S(=O)(=O)N2CCCC(C(=O)NCCN)C2)c1.Cl. The van der Waals surface area contributed by atoms with E-state index < -0.39 is 10.0 Å². The van der Waals surface area contributed by atoms with Gasteiger partial charge in [0.15, 0.2) is 5.78 Å². The van der Waals surface area contributed by atoms with E-state index in [1.807, 2.05) is 0 Å². The summed E-state index contributed by atoms with van der Waals surface area (Å²) in [5.41, 5.74) is 5.72. The predicted molar refractivity (Wildman–Crippen MR) is 97.2 cm³/mol. The van der Waals surface area contributed by atoms with Crippen LogP contribution in [0, 0.1) is 5.92 Å². The van der Waals surface area contributed by atoms with Gasteiger partial charge in [-0.15, -0.1) is 12.4 Å². The summed E-state index contributed by atoms with van der Waals surface area (Å²) in [6.45, 7) is 2.63. The molecule has 25 heavy (non-hydrogen) atoms. The van der Waals surface area contributed by atoms with E-state index >= 15 is 0 Å². The van der Waals surface area contributed by atoms with Crippen LogP contribution >= 0.6 is 12.4 Å². The van der Waals surface area contributed by atoms with Crippen LogP contribution in [0.15, 0.2) is 29.2 Å². The minimum Gasteiger partial charge on any atom is -0.355 e. The van der Waals surface area contributed by atoms with Gasteiger partial charge in [0, 0.05) is 31.7 Å². The van der Waals surface area contributed by atoms with Gasteiger partial charge in [-0.3, -0.25) is 9.59 Å². The molecule has 1 atom stereocenters. The second-order valence-electron chi connectivity index (χ2n) is 5.87. The van der Waals surface area contributed by atoms with Gasteiger partial charge < -0.3 is 11.1 Å². The topological polar surface area (TPSA) is 110 Å². The molecule has 140 valence electrons. The number of nitrogens with one attached hydrogen (secondary N) is 1. The van der Waals surface area contributed by atoms with Crippen molar-refractivity contribution in [2.75, 3.05) is 26.2 Å². The third kappa shape index (κ3) is 5.24. The first kappa shape index (κ1) is 21.6. The second-order valence-corrected chi connectivity index (χ2v) is 7.80. The molecule has 0 bridgehead atoms. The molecule has 0 aromatic heterocycles. The summed E-state index contributed by atoms with van der Waals surface area (Å²) >= 11 is 0. The minimum atomic E-state index is -3.73. The number of hydrogen-bond donors (Lipinski definition) is 2. The van der Waals surface area contributed by atoms with Crippen LogP contribution in [0.1, 0.15) is 30.1 Å². The number of nitrogens with zero attached hydrogens (tertiary/aromatic N) is 1. The summed E-state index contributed by atoms with van der Waals surface area (Å²) in [5.74, 6) is -0.737. The number of benzene rings is 1. The van der Waals surface area contributed by atoms with E-state index in [1.54, 1.807) is 12.1 Å². The highest BCUT2D eigenvalue weighted by Crippen LogP contribution is 2.24. The Bertz CT molecular complexity index is 724. The second kappa shape index (κ2) is 9.28. The van der Waals surface area contributed by atoms with Crippen molar-refractivity contribution < 1.29 is 18.0 Å². The van der Waals surface area contributed by atoms with Crippen molar-refractivity contribution in [2.45, 2.75) is 24.7 Å². The van der Waals surface area contributed by atoms with Crippen molar-refractivity contribution in [2.24, 2.45) is 11.7 Å². The maximum atomic E-state index is 12.8. The lowest BCUT2D eigenvalue weighted by molar-refractivity contribution is -0.126. The molecular weight excluding hydrogens is 366 g/mol. The van der Waals surface area contributed by atoms with Crippen LogP contribution in [-0.4, -0.2) is 50.6 Å². The smallest absolute Gasteiger partial charge is 0.243 e. The molecule has 3 N–H and O–H groups in total. The zero-order chi connectivity index (χ0) is 17.7. The van der Waals surface area contributed by atoms with Crippen molar-refractivity contribution in [3.8, 4) is 0 Å². The number of Topliss-reactive ketones (excluding diaryl/α,β-unsaturated/α-hetero) is 1. The highest BCUT2D eigenvalue weighted by Gasteiger charge is 2.33. The van der Waals surface area contributed by atoms with Gasteiger partial charge in [-0.05, 0) is 31.9 Å². The summed E-state index contributed by atoms with van der Waals surface area (Å²) in [6, 6.07) is 6.00. The molecule has 9 heteroatoms. The van der Waals surface area contributed by atoms with Crippen molar-refractivity contribution in [3.05, 3.63) is 29.8 Å². The number of nitrogens with two attached hydrogens (primary N) is 1. The van der Waals surface area contributed by atoms with Gasteiger partial charge in [0.1, 0.15) is 0 Å². The molecule has 1 aliphatic heterocycles. The first-order chi connectivity index (χ1) is 11.4. The molecule has 1 heterocycles. The molecule has 0 aliphatic carbocycles. The zero-order valence-corrected chi connectivity index (χ0v) is 15.7. The number of carbonyl (C=O) groups is 2. The van der Waals surface area contributed by atoms with Gasteiger partial charge in [-0.1, -0.05) is 12.1 Å². The molecule has 1 unspecified atom stereocenters. The van der Waals surface area contributed by atoms with Gasteiger partial charge >= 0.3 is 0 Å². The number of hydrogen-bond acceptors (Lipinski definition) is 5. The van der Waals surface area contributed by atoms with E-state index in [0.717, 1.165) is 0 Å². The lowest BCUT2D eigenvalue weighted by Gasteiger charge is -2.31. The number of ketones is 1. The van der Waals surface area contributed by atoms with Crippen LogP contribution in [0.5, 0.6) is 0 Å². The molecule has 1 aromatic carbocycles. The van der Waals surface area contributed by atoms with E-state index in [2.05, 4.69) is 5.32 Å². The van der Waals surface area contributed by atoms with E-state index in [1.165, 1.54) is 23.4 Å². The number of rotatable bonds is 6. The number of carbonyl (C=O) groups excluding carboxylic acids is 2. The normalized spacial score (nSPS) is 18.2. The molecule has 2 rings (SSSR count). The van der Waals surface area contributed by atoms with Gasteiger partial charge in [-0.25, -0.2) is 8.42 Å². The lowest BCUT2D eigenvalue weighted by atomic mass is 9.99. The largest absolute Gasteiger partial charge is 0.355 e. The van der Waals surface area contributed by atoms with E-state index in [4.69, 9.17) is 5.73 Å². The molecule has 0 spiro atoms. The van der Waals surface area contributed by atoms with Crippen LogP contribution < -0.4 is 11.1 Å². The molecule has 1 amide bonds. The monoisotopic (exact) mass is 389 g/mol. The zero-order valence-electron chi connectivity index (χ0n) is 14.1. The molecule has 1 aromatic rings. The Balaban J connectivity index is 0.00000312. The average molecular weight is 390 g/mol. The van der Waals surface area contributed by atoms with E-state index in [-0.39, 0.29) is 41.5 Å². The highest BCUT2D eigenvalue weighted by atomic mass is 35.5. The highest BCUT2D eigenvalue weighted by molar-refractivity contribution is 7.89. The van der Waals surface area contributed by atoms with Crippen molar-refractivity contribution >= 4 is 34.1 Å². The average Bonchev–Trinajstić information content (AvgIpc) is 2.59. The summed E-state index contributed by atoms with van der Waals surface area (Å²) < 4.78 is 26.9. The number of halogens is 1. The third-order valence-electron chi connectivity index (χ3n) is 4.08. The lowest BCUT2D eigenvalue weighted by Crippen LogP contribution is -2.46. The van der Waals surface area contributed by atoms with Gasteiger partial charge in [0.25, 0.3) is 0 Å². The molecular formula is C16H24ClN3O4S. The summed E-state index contributed by atoms with van der Waals surface area (Å²) in [7, 11) is -3.73.